The van der Waals surface area contributed by atoms with Gasteiger partial charge < -0.3 is 10.4 Å². The van der Waals surface area contributed by atoms with Gasteiger partial charge in [0.1, 0.15) is 5.82 Å². The summed E-state index contributed by atoms with van der Waals surface area (Å²) in [6.45, 7) is 1.46. The second-order valence-electron chi connectivity index (χ2n) is 4.55. The fraction of sp³-hybridized carbons (Fsp3) is 0.143. The largest absolute Gasteiger partial charge is 0.479 e. The van der Waals surface area contributed by atoms with Crippen LogP contribution >= 0.6 is 27.5 Å². The van der Waals surface area contributed by atoms with Crippen LogP contribution in [0.5, 0.6) is 0 Å². The topological polar surface area (TPSA) is 62.2 Å². The summed E-state index contributed by atoms with van der Waals surface area (Å²) in [5.74, 6) is -1.66. The Labute approximate surface area is 134 Å². The van der Waals surface area contributed by atoms with Crippen molar-refractivity contribution in [3.63, 3.8) is 0 Å². The van der Waals surface area contributed by atoms with E-state index in [0.717, 1.165) is 6.20 Å². The van der Waals surface area contributed by atoms with Crippen LogP contribution in [0.2, 0.25) is 5.02 Å². The Morgan fingerprint density at radius 2 is 2.14 bits per heavy atom. The molecule has 7 heteroatoms. The van der Waals surface area contributed by atoms with Gasteiger partial charge in [0, 0.05) is 10.2 Å². The molecule has 0 saturated carbocycles. The predicted octanol–water partition coefficient (Wildman–Crippen LogP) is 4.05. The van der Waals surface area contributed by atoms with E-state index in [9.17, 15) is 14.3 Å². The van der Waals surface area contributed by atoms with E-state index < -0.39 is 17.3 Å². The summed E-state index contributed by atoms with van der Waals surface area (Å²) >= 11 is 9.18. The first-order valence-corrected chi connectivity index (χ1v) is 7.08. The highest BCUT2D eigenvalue weighted by Crippen LogP contribution is 2.30. The minimum absolute atomic E-state index is 0.197. The maximum absolute atomic E-state index is 12.9. The Morgan fingerprint density at radius 3 is 2.67 bits per heavy atom. The summed E-state index contributed by atoms with van der Waals surface area (Å²) in [4.78, 5) is 15.5. The normalized spacial score (nSPS) is 13.5. The highest BCUT2D eigenvalue weighted by Gasteiger charge is 2.36. The number of carboxylic acid groups (broad SMARTS) is 1. The molecule has 0 saturated heterocycles. The first kappa shape index (κ1) is 15.7. The number of aromatic nitrogens is 1. The van der Waals surface area contributed by atoms with Crippen molar-refractivity contribution in [2.75, 3.05) is 5.32 Å². The number of carboxylic acids is 1. The molecule has 2 N–H and O–H groups in total. The number of hydrogen-bond donors (Lipinski definition) is 2. The van der Waals surface area contributed by atoms with E-state index >= 15 is 0 Å². The summed E-state index contributed by atoms with van der Waals surface area (Å²) in [6.07, 6.45) is 0.982. The Kier molecular flexibility index (Phi) is 4.49. The number of aliphatic carboxylic acids is 1. The van der Waals surface area contributed by atoms with Gasteiger partial charge in [0.05, 0.1) is 16.9 Å². The third kappa shape index (κ3) is 3.33. The fourth-order valence-corrected chi connectivity index (χ4v) is 2.26. The molecule has 1 aromatic heterocycles. The molecule has 0 radical (unpaired) electrons. The number of carbonyl (C=O) groups is 1. The number of hydrogen-bond acceptors (Lipinski definition) is 3. The van der Waals surface area contributed by atoms with E-state index in [-0.39, 0.29) is 5.69 Å². The first-order chi connectivity index (χ1) is 9.83. The van der Waals surface area contributed by atoms with Crippen LogP contribution in [0, 0.1) is 5.82 Å². The second kappa shape index (κ2) is 5.99. The molecule has 1 aromatic carbocycles. The van der Waals surface area contributed by atoms with Gasteiger partial charge in [-0.1, -0.05) is 11.6 Å². The smallest absolute Gasteiger partial charge is 0.335 e. The van der Waals surface area contributed by atoms with Crippen molar-refractivity contribution >= 4 is 39.2 Å². The average molecular weight is 374 g/mol. The third-order valence-corrected chi connectivity index (χ3v) is 4.20. The summed E-state index contributed by atoms with van der Waals surface area (Å²) in [5.41, 5.74) is -0.759. The Bertz CT molecular complexity index is 681. The lowest BCUT2D eigenvalue weighted by Crippen LogP contribution is -2.41. The van der Waals surface area contributed by atoms with Crippen LogP contribution < -0.4 is 5.32 Å². The number of halogens is 3. The molecule has 0 aliphatic heterocycles. The standard InChI is InChI=1S/C14H11BrClFN2O2/c1-14(13(20)21,12-5-2-8(17)7-18-12)19-9-3-4-11(16)10(15)6-9/h2-7,19H,1H3,(H,20,21). The Balaban J connectivity index is 2.40. The zero-order valence-electron chi connectivity index (χ0n) is 10.9. The van der Waals surface area contributed by atoms with Crippen LogP contribution in [0.4, 0.5) is 10.1 Å². The number of anilines is 1. The number of nitrogens with zero attached hydrogens (tertiary/aromatic N) is 1. The molecule has 1 heterocycles. The van der Waals surface area contributed by atoms with Crippen LogP contribution in [0.25, 0.3) is 0 Å². The average Bonchev–Trinajstić information content (AvgIpc) is 2.43. The van der Waals surface area contributed by atoms with Gasteiger partial charge >= 0.3 is 5.97 Å². The molecule has 110 valence electrons. The van der Waals surface area contributed by atoms with Crippen LogP contribution in [0.3, 0.4) is 0 Å². The van der Waals surface area contributed by atoms with Gasteiger partial charge in [-0.25, -0.2) is 9.18 Å². The van der Waals surface area contributed by atoms with Crippen molar-refractivity contribution in [1.82, 2.24) is 4.98 Å². The van der Waals surface area contributed by atoms with E-state index in [1.165, 1.54) is 19.1 Å². The Hall–Kier alpha value is -1.66. The number of nitrogens with one attached hydrogen (secondary N) is 1. The van der Waals surface area contributed by atoms with E-state index in [4.69, 9.17) is 11.6 Å². The zero-order valence-corrected chi connectivity index (χ0v) is 13.2. The zero-order chi connectivity index (χ0) is 15.6. The van der Waals surface area contributed by atoms with E-state index in [1.807, 2.05) is 0 Å². The Morgan fingerprint density at radius 1 is 1.43 bits per heavy atom. The SMILES string of the molecule is CC(Nc1ccc(Cl)c(Br)c1)(C(=O)O)c1ccc(F)cn1. The van der Waals surface area contributed by atoms with Crippen molar-refractivity contribution in [3.8, 4) is 0 Å². The van der Waals surface area contributed by atoms with Crippen molar-refractivity contribution in [2.45, 2.75) is 12.5 Å². The lowest BCUT2D eigenvalue weighted by Gasteiger charge is -2.27. The summed E-state index contributed by atoms with van der Waals surface area (Å²) in [5, 5.41) is 12.9. The van der Waals surface area contributed by atoms with Gasteiger partial charge in [-0.15, -0.1) is 0 Å². The molecule has 0 spiro atoms. The minimum Gasteiger partial charge on any atom is -0.479 e. The van der Waals surface area contributed by atoms with Gasteiger partial charge in [0.15, 0.2) is 5.54 Å². The van der Waals surface area contributed by atoms with Crippen LogP contribution in [0.1, 0.15) is 12.6 Å². The van der Waals surface area contributed by atoms with Gasteiger partial charge in [0.25, 0.3) is 0 Å². The molecule has 0 bridgehead atoms. The van der Waals surface area contributed by atoms with Crippen LogP contribution in [-0.4, -0.2) is 16.1 Å². The van der Waals surface area contributed by atoms with Crippen molar-refractivity contribution in [1.29, 1.82) is 0 Å². The van der Waals surface area contributed by atoms with E-state index in [0.29, 0.717) is 15.2 Å². The molecule has 2 rings (SSSR count). The van der Waals surface area contributed by atoms with Gasteiger partial charge in [-0.2, -0.15) is 0 Å². The molecule has 0 fully saturated rings. The molecule has 21 heavy (non-hydrogen) atoms. The second-order valence-corrected chi connectivity index (χ2v) is 5.81. The molecule has 0 amide bonds. The van der Waals surface area contributed by atoms with Gasteiger partial charge in [-0.05, 0) is 53.2 Å². The van der Waals surface area contributed by atoms with Crippen molar-refractivity contribution < 1.29 is 14.3 Å². The number of rotatable bonds is 4. The molecule has 0 aliphatic rings. The molecule has 4 nitrogen and oxygen atoms in total. The molecule has 2 aromatic rings. The monoisotopic (exact) mass is 372 g/mol. The van der Waals surface area contributed by atoms with E-state index in [1.54, 1.807) is 18.2 Å². The molecule has 1 atom stereocenters. The quantitative estimate of drug-likeness (QED) is 0.849. The molecular weight excluding hydrogens is 363 g/mol. The molecular formula is C14H11BrClFN2O2. The first-order valence-electron chi connectivity index (χ1n) is 5.91. The van der Waals surface area contributed by atoms with E-state index in [2.05, 4.69) is 26.2 Å². The summed E-state index contributed by atoms with van der Waals surface area (Å²) in [7, 11) is 0. The summed E-state index contributed by atoms with van der Waals surface area (Å²) in [6, 6.07) is 7.45. The lowest BCUT2D eigenvalue weighted by atomic mass is 9.96. The summed E-state index contributed by atoms with van der Waals surface area (Å²) < 4.78 is 13.6. The minimum atomic E-state index is -1.50. The molecule has 0 aliphatic carbocycles. The number of benzene rings is 1. The fourth-order valence-electron chi connectivity index (χ4n) is 1.76. The maximum Gasteiger partial charge on any atom is 0.335 e. The van der Waals surface area contributed by atoms with Crippen molar-refractivity contribution in [3.05, 3.63) is 57.5 Å². The lowest BCUT2D eigenvalue weighted by molar-refractivity contribution is -0.142. The van der Waals surface area contributed by atoms with Crippen LogP contribution in [0.15, 0.2) is 41.0 Å². The highest BCUT2D eigenvalue weighted by molar-refractivity contribution is 9.10. The van der Waals surface area contributed by atoms with Gasteiger partial charge in [-0.3, -0.25) is 4.98 Å². The highest BCUT2D eigenvalue weighted by atomic mass is 79.9. The van der Waals surface area contributed by atoms with Gasteiger partial charge in [0.2, 0.25) is 0 Å². The predicted molar refractivity (Wildman–Crippen MR) is 82.0 cm³/mol. The number of pyridine rings is 1. The third-order valence-electron chi connectivity index (χ3n) is 2.98. The van der Waals surface area contributed by atoms with Crippen molar-refractivity contribution in [2.24, 2.45) is 0 Å². The van der Waals surface area contributed by atoms with Crippen LogP contribution in [-0.2, 0) is 10.3 Å². The molecule has 1 unspecified atom stereocenters. The maximum atomic E-state index is 12.9.